The molecule has 1 aliphatic carbocycles. The molecule has 4 rings (SSSR count). The van der Waals surface area contributed by atoms with E-state index in [1.807, 2.05) is 50.2 Å². The molecule has 1 aromatic carbocycles. The van der Waals surface area contributed by atoms with E-state index in [0.717, 1.165) is 28.9 Å². The number of allylic oxidation sites excluding steroid dienone is 3. The second-order valence-electron chi connectivity index (χ2n) is 7.99. The lowest BCUT2D eigenvalue weighted by atomic mass is 9.72. The summed E-state index contributed by atoms with van der Waals surface area (Å²) >= 11 is 6.03. The molecule has 31 heavy (non-hydrogen) atoms. The van der Waals surface area contributed by atoms with Crippen LogP contribution in [0.1, 0.15) is 56.1 Å². The number of hydrogen-bond donors (Lipinski definition) is 1. The van der Waals surface area contributed by atoms with Gasteiger partial charge in [0.2, 0.25) is 0 Å². The van der Waals surface area contributed by atoms with Gasteiger partial charge in [-0.25, -0.2) is 4.79 Å². The zero-order valence-electron chi connectivity index (χ0n) is 17.7. The second-order valence-corrected chi connectivity index (χ2v) is 8.43. The van der Waals surface area contributed by atoms with E-state index in [4.69, 9.17) is 16.3 Å². The summed E-state index contributed by atoms with van der Waals surface area (Å²) in [6.45, 7) is 4.16. The number of benzene rings is 1. The van der Waals surface area contributed by atoms with E-state index in [2.05, 4.69) is 10.3 Å². The van der Waals surface area contributed by atoms with Crippen LogP contribution in [0, 0.1) is 0 Å². The van der Waals surface area contributed by atoms with Gasteiger partial charge in [0.05, 0.1) is 12.2 Å². The Bertz CT molecular complexity index is 1060. The number of nitrogens with one attached hydrogen (secondary N) is 1. The van der Waals surface area contributed by atoms with Crippen molar-refractivity contribution in [1.29, 1.82) is 0 Å². The molecule has 1 N–H and O–H groups in total. The lowest BCUT2D eigenvalue weighted by molar-refractivity contribution is -0.139. The number of pyridine rings is 1. The van der Waals surface area contributed by atoms with E-state index >= 15 is 0 Å². The van der Waals surface area contributed by atoms with E-state index in [-0.39, 0.29) is 17.7 Å². The quantitative estimate of drug-likeness (QED) is 0.664. The molecule has 0 radical (unpaired) electrons. The van der Waals surface area contributed by atoms with E-state index < -0.39 is 5.92 Å². The fourth-order valence-electron chi connectivity index (χ4n) is 4.43. The molecule has 2 heterocycles. The standard InChI is InChI=1S/C25H25ClN2O3/c1-3-11-31-25(30)22-15(2)28-20-12-18(16-6-8-19(26)9-7-16)13-21(29)24(20)23(22)17-5-4-10-27-14-17/h4-10,14,18,23,28H,3,11-13H2,1-2H3. The Morgan fingerprint density at radius 1 is 1.19 bits per heavy atom. The summed E-state index contributed by atoms with van der Waals surface area (Å²) in [5.74, 6) is -0.768. The molecular formula is C25H25ClN2O3. The number of carbonyl (C=O) groups is 2. The molecule has 2 unspecified atom stereocenters. The molecule has 1 aliphatic heterocycles. The molecule has 0 amide bonds. The predicted octanol–water partition coefficient (Wildman–Crippen LogP) is 5.05. The van der Waals surface area contributed by atoms with Gasteiger partial charge in [-0.2, -0.15) is 0 Å². The van der Waals surface area contributed by atoms with Crippen LogP contribution in [0.2, 0.25) is 5.02 Å². The number of hydrogen-bond acceptors (Lipinski definition) is 5. The van der Waals surface area contributed by atoms with E-state index in [9.17, 15) is 9.59 Å². The number of nitrogens with zero attached hydrogens (tertiary/aromatic N) is 1. The summed E-state index contributed by atoms with van der Waals surface area (Å²) in [6.07, 6.45) is 5.21. The Hall–Kier alpha value is -2.92. The SMILES string of the molecule is CCCOC(=O)C1=C(C)NC2=C(C(=O)CC(c3ccc(Cl)cc3)C2)C1c1cccnc1. The maximum absolute atomic E-state index is 13.4. The summed E-state index contributed by atoms with van der Waals surface area (Å²) in [5.41, 5.74) is 4.62. The lowest BCUT2D eigenvalue weighted by Crippen LogP contribution is -2.36. The van der Waals surface area contributed by atoms with Crippen molar-refractivity contribution >= 4 is 23.4 Å². The summed E-state index contributed by atoms with van der Waals surface area (Å²) < 4.78 is 5.47. The van der Waals surface area contributed by atoms with Gasteiger partial charge in [0.1, 0.15) is 0 Å². The summed E-state index contributed by atoms with van der Waals surface area (Å²) in [4.78, 5) is 30.6. The maximum Gasteiger partial charge on any atom is 0.336 e. The molecule has 1 aromatic heterocycles. The number of Topliss-reactive ketones (excluding diaryl/α,β-unsaturated/α-hetero) is 1. The molecule has 5 nitrogen and oxygen atoms in total. The monoisotopic (exact) mass is 436 g/mol. The van der Waals surface area contributed by atoms with Crippen LogP contribution in [-0.4, -0.2) is 23.3 Å². The minimum atomic E-state index is -0.479. The van der Waals surface area contributed by atoms with Gasteiger partial charge in [0.25, 0.3) is 0 Å². The van der Waals surface area contributed by atoms with E-state index in [1.165, 1.54) is 0 Å². The zero-order valence-corrected chi connectivity index (χ0v) is 18.4. The van der Waals surface area contributed by atoms with Crippen molar-refractivity contribution in [2.75, 3.05) is 6.61 Å². The highest BCUT2D eigenvalue weighted by atomic mass is 35.5. The van der Waals surface area contributed by atoms with Crippen molar-refractivity contribution < 1.29 is 14.3 Å². The van der Waals surface area contributed by atoms with Gasteiger partial charge in [-0.15, -0.1) is 0 Å². The number of esters is 1. The zero-order chi connectivity index (χ0) is 22.0. The molecule has 0 saturated carbocycles. The van der Waals surface area contributed by atoms with Gasteiger partial charge < -0.3 is 10.1 Å². The third-order valence-electron chi connectivity index (χ3n) is 5.84. The van der Waals surface area contributed by atoms with Crippen molar-refractivity contribution in [3.8, 4) is 0 Å². The molecule has 0 bridgehead atoms. The average Bonchev–Trinajstić information content (AvgIpc) is 2.77. The highest BCUT2D eigenvalue weighted by Gasteiger charge is 2.41. The Labute approximate surface area is 187 Å². The largest absolute Gasteiger partial charge is 0.462 e. The molecule has 6 heteroatoms. The Kier molecular flexibility index (Phi) is 6.23. The number of aromatic nitrogens is 1. The van der Waals surface area contributed by atoms with Crippen molar-refractivity contribution in [3.63, 3.8) is 0 Å². The van der Waals surface area contributed by atoms with Crippen LogP contribution in [0.25, 0.3) is 0 Å². The van der Waals surface area contributed by atoms with Gasteiger partial charge in [0.15, 0.2) is 5.78 Å². The number of dihydropyridines is 1. The topological polar surface area (TPSA) is 68.3 Å². The number of ether oxygens (including phenoxy) is 1. The summed E-state index contributed by atoms with van der Waals surface area (Å²) in [7, 11) is 0. The molecule has 160 valence electrons. The molecule has 2 atom stereocenters. The third kappa shape index (κ3) is 4.28. The highest BCUT2D eigenvalue weighted by Crippen LogP contribution is 2.45. The highest BCUT2D eigenvalue weighted by molar-refractivity contribution is 6.30. The van der Waals surface area contributed by atoms with Crippen LogP contribution in [0.4, 0.5) is 0 Å². The first-order chi connectivity index (χ1) is 15.0. The third-order valence-corrected chi connectivity index (χ3v) is 6.10. The lowest BCUT2D eigenvalue weighted by Gasteiger charge is -2.36. The van der Waals surface area contributed by atoms with Crippen molar-refractivity contribution in [2.45, 2.75) is 44.9 Å². The summed E-state index contributed by atoms with van der Waals surface area (Å²) in [5, 5.41) is 4.03. The van der Waals surface area contributed by atoms with Crippen molar-refractivity contribution in [1.82, 2.24) is 10.3 Å². The second kappa shape index (κ2) is 9.06. The molecule has 0 saturated heterocycles. The predicted molar refractivity (Wildman–Crippen MR) is 120 cm³/mol. The first-order valence-corrected chi connectivity index (χ1v) is 10.9. The Morgan fingerprint density at radius 3 is 2.65 bits per heavy atom. The fourth-order valence-corrected chi connectivity index (χ4v) is 4.56. The van der Waals surface area contributed by atoms with E-state index in [0.29, 0.717) is 35.6 Å². The van der Waals surface area contributed by atoms with Gasteiger partial charge in [-0.3, -0.25) is 9.78 Å². The van der Waals surface area contributed by atoms with Gasteiger partial charge in [0, 0.05) is 46.7 Å². The number of ketones is 1. The molecule has 2 aliphatic rings. The van der Waals surface area contributed by atoms with Crippen LogP contribution >= 0.6 is 11.6 Å². The van der Waals surface area contributed by atoms with Crippen LogP contribution in [0.3, 0.4) is 0 Å². The number of halogens is 1. The fraction of sp³-hybridized carbons (Fsp3) is 0.320. The van der Waals surface area contributed by atoms with Gasteiger partial charge in [-0.1, -0.05) is 36.7 Å². The van der Waals surface area contributed by atoms with Gasteiger partial charge >= 0.3 is 5.97 Å². The smallest absolute Gasteiger partial charge is 0.336 e. The normalized spacial score (nSPS) is 20.9. The average molecular weight is 437 g/mol. The Balaban J connectivity index is 1.75. The van der Waals surface area contributed by atoms with Crippen LogP contribution in [-0.2, 0) is 14.3 Å². The van der Waals surface area contributed by atoms with Crippen LogP contribution < -0.4 is 5.32 Å². The first-order valence-electron chi connectivity index (χ1n) is 10.6. The maximum atomic E-state index is 13.4. The van der Waals surface area contributed by atoms with Crippen LogP contribution in [0.5, 0.6) is 0 Å². The number of rotatable bonds is 5. The molecule has 0 spiro atoms. The van der Waals surface area contributed by atoms with Crippen LogP contribution in [0.15, 0.2) is 71.3 Å². The van der Waals surface area contributed by atoms with E-state index in [1.54, 1.807) is 12.4 Å². The van der Waals surface area contributed by atoms with Gasteiger partial charge in [-0.05, 0) is 55.0 Å². The summed E-state index contributed by atoms with van der Waals surface area (Å²) in [6, 6.07) is 11.4. The molecular weight excluding hydrogens is 412 g/mol. The van der Waals surface area contributed by atoms with Crippen molar-refractivity contribution in [2.24, 2.45) is 0 Å². The molecule has 0 fully saturated rings. The first kappa shape index (κ1) is 21.3. The number of carbonyl (C=O) groups excluding carboxylic acids is 2. The van der Waals surface area contributed by atoms with Crippen molar-refractivity contribution in [3.05, 3.63) is 87.5 Å². The molecule has 2 aromatic rings. The minimum absolute atomic E-state index is 0.0378. The minimum Gasteiger partial charge on any atom is -0.462 e. The Morgan fingerprint density at radius 2 is 1.97 bits per heavy atom.